The zero-order chi connectivity index (χ0) is 11.3. The molecule has 84 valence electrons. The Kier molecular flexibility index (Phi) is 4.63. The lowest BCUT2D eigenvalue weighted by Crippen LogP contribution is -2.27. The molecule has 0 heterocycles. The molecule has 0 aromatic heterocycles. The first kappa shape index (κ1) is 12.1. The zero-order valence-corrected chi connectivity index (χ0v) is 10.1. The number of nitrogens with one attached hydrogen (secondary N) is 1. The molecule has 0 radical (unpaired) electrons. The lowest BCUT2D eigenvalue weighted by molar-refractivity contribution is 0.308. The van der Waals surface area contributed by atoms with Crippen molar-refractivity contribution >= 4 is 0 Å². The van der Waals surface area contributed by atoms with E-state index in [0.29, 0.717) is 6.04 Å². The maximum atomic E-state index is 5.66. The first-order chi connectivity index (χ1) is 7.08. The zero-order valence-electron chi connectivity index (χ0n) is 10.1. The van der Waals surface area contributed by atoms with Gasteiger partial charge >= 0.3 is 0 Å². The molecule has 0 bridgehead atoms. The van der Waals surface area contributed by atoms with Crippen LogP contribution in [0.25, 0.3) is 0 Å². The molecular weight excluding hydrogens is 186 g/mol. The van der Waals surface area contributed by atoms with E-state index < -0.39 is 0 Å². The average Bonchev–Trinajstić information content (AvgIpc) is 2.10. The first-order valence-corrected chi connectivity index (χ1v) is 5.52. The van der Waals surface area contributed by atoms with Crippen LogP contribution < -0.4 is 10.1 Å². The van der Waals surface area contributed by atoms with Crippen LogP contribution in [-0.2, 0) is 0 Å². The minimum absolute atomic E-state index is 0.521. The fourth-order valence-corrected chi connectivity index (χ4v) is 1.53. The Morgan fingerprint density at radius 3 is 2.27 bits per heavy atom. The number of aryl methyl sites for hydroxylation is 2. The van der Waals surface area contributed by atoms with E-state index in [1.165, 1.54) is 11.1 Å². The fraction of sp³-hybridized carbons (Fsp3) is 0.538. The van der Waals surface area contributed by atoms with Gasteiger partial charge in [0.15, 0.2) is 0 Å². The summed E-state index contributed by atoms with van der Waals surface area (Å²) in [5, 5.41) is 3.32. The molecule has 1 aromatic rings. The van der Waals surface area contributed by atoms with Crippen LogP contribution in [0, 0.1) is 13.8 Å². The van der Waals surface area contributed by atoms with Gasteiger partial charge < -0.3 is 10.1 Å². The SMILES string of the molecule is Cc1cc(C)cc(OCCNC(C)C)c1. The van der Waals surface area contributed by atoms with Crippen molar-refractivity contribution in [1.29, 1.82) is 0 Å². The molecular formula is C13H21NO. The second kappa shape index (κ2) is 5.76. The molecule has 0 aliphatic heterocycles. The van der Waals surface area contributed by atoms with Crippen molar-refractivity contribution in [3.8, 4) is 5.75 Å². The summed E-state index contributed by atoms with van der Waals surface area (Å²) in [5.41, 5.74) is 2.50. The Morgan fingerprint density at radius 1 is 1.13 bits per heavy atom. The maximum absolute atomic E-state index is 5.66. The van der Waals surface area contributed by atoms with Crippen LogP contribution in [-0.4, -0.2) is 19.2 Å². The standard InChI is InChI=1S/C13H21NO/c1-10(2)14-5-6-15-13-8-11(3)7-12(4)9-13/h7-10,14H,5-6H2,1-4H3. The van der Waals surface area contributed by atoms with E-state index in [1.54, 1.807) is 0 Å². The van der Waals surface area contributed by atoms with Crippen LogP contribution in [0.1, 0.15) is 25.0 Å². The highest BCUT2D eigenvalue weighted by Crippen LogP contribution is 2.15. The highest BCUT2D eigenvalue weighted by atomic mass is 16.5. The van der Waals surface area contributed by atoms with E-state index in [1.807, 2.05) is 0 Å². The van der Waals surface area contributed by atoms with Gasteiger partial charge in [-0.1, -0.05) is 19.9 Å². The largest absolute Gasteiger partial charge is 0.492 e. The third-order valence-electron chi connectivity index (χ3n) is 2.12. The van der Waals surface area contributed by atoms with Gasteiger partial charge in [-0.15, -0.1) is 0 Å². The highest BCUT2D eigenvalue weighted by molar-refractivity contribution is 5.32. The maximum Gasteiger partial charge on any atom is 0.119 e. The van der Waals surface area contributed by atoms with Crippen LogP contribution in [0.2, 0.25) is 0 Å². The van der Waals surface area contributed by atoms with E-state index in [9.17, 15) is 0 Å². The van der Waals surface area contributed by atoms with Crippen LogP contribution in [0.5, 0.6) is 5.75 Å². The van der Waals surface area contributed by atoms with Crippen LogP contribution in [0.3, 0.4) is 0 Å². The molecule has 0 amide bonds. The monoisotopic (exact) mass is 207 g/mol. The molecule has 1 aromatic carbocycles. The summed E-state index contributed by atoms with van der Waals surface area (Å²) in [4.78, 5) is 0. The summed E-state index contributed by atoms with van der Waals surface area (Å²) in [6.07, 6.45) is 0. The smallest absolute Gasteiger partial charge is 0.119 e. The topological polar surface area (TPSA) is 21.3 Å². The Labute approximate surface area is 92.6 Å². The molecule has 0 saturated carbocycles. The normalized spacial score (nSPS) is 10.7. The minimum Gasteiger partial charge on any atom is -0.492 e. The molecule has 2 nitrogen and oxygen atoms in total. The summed E-state index contributed by atoms with van der Waals surface area (Å²) in [5.74, 6) is 0.970. The number of rotatable bonds is 5. The van der Waals surface area contributed by atoms with Gasteiger partial charge in [-0.3, -0.25) is 0 Å². The van der Waals surface area contributed by atoms with Gasteiger partial charge in [0.2, 0.25) is 0 Å². The van der Waals surface area contributed by atoms with Crippen molar-refractivity contribution < 1.29 is 4.74 Å². The van der Waals surface area contributed by atoms with Gasteiger partial charge in [-0.2, -0.15) is 0 Å². The summed E-state index contributed by atoms with van der Waals surface area (Å²) in [7, 11) is 0. The van der Waals surface area contributed by atoms with Crippen molar-refractivity contribution in [3.63, 3.8) is 0 Å². The number of hydrogen-bond acceptors (Lipinski definition) is 2. The molecule has 0 aliphatic rings. The van der Waals surface area contributed by atoms with Gasteiger partial charge in [0.25, 0.3) is 0 Å². The predicted molar refractivity (Wildman–Crippen MR) is 64.5 cm³/mol. The molecule has 0 unspecified atom stereocenters. The quantitative estimate of drug-likeness (QED) is 0.749. The van der Waals surface area contributed by atoms with E-state index in [-0.39, 0.29) is 0 Å². The van der Waals surface area contributed by atoms with Gasteiger partial charge in [0, 0.05) is 12.6 Å². The molecule has 0 fully saturated rings. The second-order valence-electron chi connectivity index (χ2n) is 4.28. The summed E-state index contributed by atoms with van der Waals surface area (Å²) in [6, 6.07) is 6.82. The molecule has 0 atom stereocenters. The highest BCUT2D eigenvalue weighted by Gasteiger charge is 1.97. The molecule has 0 aliphatic carbocycles. The summed E-state index contributed by atoms with van der Waals surface area (Å²) < 4.78 is 5.66. The van der Waals surface area contributed by atoms with Crippen molar-refractivity contribution in [2.75, 3.05) is 13.2 Å². The van der Waals surface area contributed by atoms with Crippen LogP contribution in [0.15, 0.2) is 18.2 Å². The Bertz CT molecular complexity index is 287. The Balaban J connectivity index is 2.37. The average molecular weight is 207 g/mol. The van der Waals surface area contributed by atoms with Crippen molar-refractivity contribution in [1.82, 2.24) is 5.32 Å². The van der Waals surface area contributed by atoms with E-state index in [0.717, 1.165) is 18.9 Å². The van der Waals surface area contributed by atoms with Crippen molar-refractivity contribution in [2.24, 2.45) is 0 Å². The fourth-order valence-electron chi connectivity index (χ4n) is 1.53. The lowest BCUT2D eigenvalue weighted by Gasteiger charge is -2.10. The van der Waals surface area contributed by atoms with E-state index >= 15 is 0 Å². The molecule has 1 N–H and O–H groups in total. The number of ether oxygens (including phenoxy) is 1. The lowest BCUT2D eigenvalue weighted by atomic mass is 10.1. The summed E-state index contributed by atoms with van der Waals surface area (Å²) in [6.45, 7) is 10.1. The number of benzene rings is 1. The van der Waals surface area contributed by atoms with Gasteiger partial charge in [0.05, 0.1) is 0 Å². The van der Waals surface area contributed by atoms with Crippen molar-refractivity contribution in [3.05, 3.63) is 29.3 Å². The van der Waals surface area contributed by atoms with Crippen LogP contribution in [0.4, 0.5) is 0 Å². The minimum atomic E-state index is 0.521. The molecule has 0 spiro atoms. The Hall–Kier alpha value is -1.02. The van der Waals surface area contributed by atoms with Gasteiger partial charge in [-0.25, -0.2) is 0 Å². The third-order valence-corrected chi connectivity index (χ3v) is 2.12. The third kappa shape index (κ3) is 4.84. The Morgan fingerprint density at radius 2 is 1.73 bits per heavy atom. The first-order valence-electron chi connectivity index (χ1n) is 5.52. The molecule has 15 heavy (non-hydrogen) atoms. The molecule has 2 heteroatoms. The van der Waals surface area contributed by atoms with Gasteiger partial charge in [-0.05, 0) is 37.1 Å². The van der Waals surface area contributed by atoms with Gasteiger partial charge in [0.1, 0.15) is 12.4 Å². The number of hydrogen-bond donors (Lipinski definition) is 1. The van der Waals surface area contributed by atoms with E-state index in [2.05, 4.69) is 51.2 Å². The summed E-state index contributed by atoms with van der Waals surface area (Å²) >= 11 is 0. The molecule has 0 saturated heterocycles. The second-order valence-corrected chi connectivity index (χ2v) is 4.28. The van der Waals surface area contributed by atoms with E-state index in [4.69, 9.17) is 4.74 Å². The molecule has 1 rings (SSSR count). The van der Waals surface area contributed by atoms with Crippen LogP contribution >= 0.6 is 0 Å². The van der Waals surface area contributed by atoms with Crippen molar-refractivity contribution in [2.45, 2.75) is 33.7 Å². The predicted octanol–water partition coefficient (Wildman–Crippen LogP) is 2.68.